The number of nitrogens with one attached hydrogen (secondary N) is 2. The minimum atomic E-state index is -0.117. The first-order chi connectivity index (χ1) is 7.81. The SMILES string of the molecule is NNc1ccncc1C(=O)NC1CCSC1. The molecule has 1 fully saturated rings. The van der Waals surface area contributed by atoms with Gasteiger partial charge in [-0.1, -0.05) is 0 Å². The van der Waals surface area contributed by atoms with Crippen LogP contribution in [0.1, 0.15) is 16.8 Å². The number of carbonyl (C=O) groups excluding carboxylic acids is 1. The zero-order chi connectivity index (χ0) is 11.4. The maximum Gasteiger partial charge on any atom is 0.255 e. The molecular weight excluding hydrogens is 224 g/mol. The number of aromatic nitrogens is 1. The summed E-state index contributed by atoms with van der Waals surface area (Å²) >= 11 is 1.86. The third-order valence-electron chi connectivity index (χ3n) is 2.49. The van der Waals surface area contributed by atoms with Gasteiger partial charge in [0.25, 0.3) is 5.91 Å². The highest BCUT2D eigenvalue weighted by atomic mass is 32.2. The lowest BCUT2D eigenvalue weighted by molar-refractivity contribution is 0.0941. The average Bonchev–Trinajstić information content (AvgIpc) is 2.81. The summed E-state index contributed by atoms with van der Waals surface area (Å²) in [7, 11) is 0. The van der Waals surface area contributed by atoms with E-state index in [-0.39, 0.29) is 11.9 Å². The highest BCUT2D eigenvalue weighted by Crippen LogP contribution is 2.18. The average molecular weight is 238 g/mol. The van der Waals surface area contributed by atoms with Gasteiger partial charge < -0.3 is 10.7 Å². The Morgan fingerprint density at radius 3 is 3.19 bits per heavy atom. The molecular formula is C10H14N4OS. The summed E-state index contributed by atoms with van der Waals surface area (Å²) in [5, 5.41) is 2.97. The second kappa shape index (κ2) is 5.18. The van der Waals surface area contributed by atoms with Crippen molar-refractivity contribution in [1.82, 2.24) is 10.3 Å². The summed E-state index contributed by atoms with van der Waals surface area (Å²) < 4.78 is 0. The van der Waals surface area contributed by atoms with Crippen LogP contribution in [0.15, 0.2) is 18.5 Å². The van der Waals surface area contributed by atoms with Gasteiger partial charge in [0.2, 0.25) is 0 Å². The molecule has 0 aliphatic carbocycles. The van der Waals surface area contributed by atoms with E-state index < -0.39 is 0 Å². The zero-order valence-electron chi connectivity index (χ0n) is 8.77. The number of hydrazine groups is 1. The van der Waals surface area contributed by atoms with E-state index in [9.17, 15) is 4.79 Å². The Kier molecular flexibility index (Phi) is 3.63. The number of nitrogen functional groups attached to an aromatic ring is 1. The first kappa shape index (κ1) is 11.2. The van der Waals surface area contributed by atoms with Gasteiger partial charge in [0.15, 0.2) is 0 Å². The summed E-state index contributed by atoms with van der Waals surface area (Å²) in [6, 6.07) is 1.95. The fraction of sp³-hybridized carbons (Fsp3) is 0.400. The van der Waals surface area contributed by atoms with Crippen molar-refractivity contribution in [2.75, 3.05) is 16.9 Å². The minimum Gasteiger partial charge on any atom is -0.348 e. The van der Waals surface area contributed by atoms with Gasteiger partial charge in [-0.25, -0.2) is 0 Å². The predicted molar refractivity (Wildman–Crippen MR) is 65.2 cm³/mol. The molecule has 1 aliphatic rings. The molecule has 4 N–H and O–H groups in total. The lowest BCUT2D eigenvalue weighted by Crippen LogP contribution is -2.35. The maximum atomic E-state index is 11.9. The summed E-state index contributed by atoms with van der Waals surface area (Å²) in [6.45, 7) is 0. The molecule has 2 rings (SSSR count). The Balaban J connectivity index is 2.07. The molecule has 1 saturated heterocycles. The third kappa shape index (κ3) is 2.45. The largest absolute Gasteiger partial charge is 0.348 e. The summed E-state index contributed by atoms with van der Waals surface area (Å²) in [6.07, 6.45) is 4.14. The molecule has 2 heterocycles. The van der Waals surface area contributed by atoms with E-state index in [4.69, 9.17) is 5.84 Å². The van der Waals surface area contributed by atoms with Crippen LogP contribution in [0.2, 0.25) is 0 Å². The van der Waals surface area contributed by atoms with Crippen LogP contribution in [0.5, 0.6) is 0 Å². The predicted octanol–water partition coefficient (Wildman–Crippen LogP) is 0.603. The van der Waals surface area contributed by atoms with Gasteiger partial charge in [0, 0.05) is 24.2 Å². The number of hydrogen-bond acceptors (Lipinski definition) is 5. The maximum absolute atomic E-state index is 11.9. The van der Waals surface area contributed by atoms with Crippen LogP contribution in [0.4, 0.5) is 5.69 Å². The lowest BCUT2D eigenvalue weighted by atomic mass is 10.2. The van der Waals surface area contributed by atoms with E-state index in [1.54, 1.807) is 12.3 Å². The van der Waals surface area contributed by atoms with Crippen molar-refractivity contribution in [2.45, 2.75) is 12.5 Å². The van der Waals surface area contributed by atoms with Crippen molar-refractivity contribution in [2.24, 2.45) is 5.84 Å². The highest BCUT2D eigenvalue weighted by Gasteiger charge is 2.19. The number of hydrogen-bond donors (Lipinski definition) is 3. The van der Waals surface area contributed by atoms with Gasteiger partial charge in [0.05, 0.1) is 11.3 Å². The molecule has 0 spiro atoms. The first-order valence-electron chi connectivity index (χ1n) is 5.10. The molecule has 0 bridgehead atoms. The molecule has 1 atom stereocenters. The third-order valence-corrected chi connectivity index (χ3v) is 3.65. The molecule has 1 aliphatic heterocycles. The van der Waals surface area contributed by atoms with Crippen molar-refractivity contribution in [3.05, 3.63) is 24.0 Å². The van der Waals surface area contributed by atoms with Crippen LogP contribution in [0, 0.1) is 0 Å². The number of carbonyl (C=O) groups is 1. The standard InChI is InChI=1S/C10H14N4OS/c11-14-9-1-3-12-5-8(9)10(15)13-7-2-4-16-6-7/h1,3,5,7H,2,4,6,11H2,(H,12,14)(H,13,15). The van der Waals surface area contributed by atoms with Gasteiger partial charge in [-0.15, -0.1) is 0 Å². The zero-order valence-corrected chi connectivity index (χ0v) is 9.59. The highest BCUT2D eigenvalue weighted by molar-refractivity contribution is 7.99. The normalized spacial score (nSPS) is 19.4. The van der Waals surface area contributed by atoms with Crippen molar-refractivity contribution < 1.29 is 4.79 Å². The quantitative estimate of drug-likeness (QED) is 0.531. The van der Waals surface area contributed by atoms with Crippen molar-refractivity contribution >= 4 is 23.4 Å². The Bertz CT molecular complexity index is 379. The van der Waals surface area contributed by atoms with E-state index >= 15 is 0 Å². The van der Waals surface area contributed by atoms with Gasteiger partial charge in [-0.3, -0.25) is 15.6 Å². The summed E-state index contributed by atoms with van der Waals surface area (Å²) in [5.41, 5.74) is 3.58. The van der Waals surface area contributed by atoms with Crippen LogP contribution in [0.25, 0.3) is 0 Å². The Hall–Kier alpha value is -1.27. The smallest absolute Gasteiger partial charge is 0.255 e. The Morgan fingerprint density at radius 1 is 1.62 bits per heavy atom. The molecule has 1 aromatic heterocycles. The molecule has 1 amide bonds. The number of nitrogens with zero attached hydrogens (tertiary/aromatic N) is 1. The van der Waals surface area contributed by atoms with Gasteiger partial charge in [0.1, 0.15) is 0 Å². The minimum absolute atomic E-state index is 0.117. The van der Waals surface area contributed by atoms with Crippen molar-refractivity contribution in [3.63, 3.8) is 0 Å². The van der Waals surface area contributed by atoms with E-state index in [1.807, 2.05) is 11.8 Å². The fourth-order valence-electron chi connectivity index (χ4n) is 1.61. The van der Waals surface area contributed by atoms with Gasteiger partial charge in [-0.05, 0) is 18.2 Å². The lowest BCUT2D eigenvalue weighted by Gasteiger charge is -2.13. The van der Waals surface area contributed by atoms with Gasteiger partial charge >= 0.3 is 0 Å². The van der Waals surface area contributed by atoms with Crippen LogP contribution in [-0.4, -0.2) is 28.4 Å². The Labute approximate surface area is 98.2 Å². The number of nitrogens with two attached hydrogens (primary N) is 1. The number of thioether (sulfide) groups is 1. The molecule has 16 heavy (non-hydrogen) atoms. The second-order valence-electron chi connectivity index (χ2n) is 3.60. The second-order valence-corrected chi connectivity index (χ2v) is 4.75. The van der Waals surface area contributed by atoms with Crippen LogP contribution >= 0.6 is 11.8 Å². The van der Waals surface area contributed by atoms with Crippen molar-refractivity contribution in [3.8, 4) is 0 Å². The summed E-state index contributed by atoms with van der Waals surface area (Å²) in [4.78, 5) is 15.9. The van der Waals surface area contributed by atoms with Crippen LogP contribution < -0.4 is 16.6 Å². The molecule has 6 heteroatoms. The van der Waals surface area contributed by atoms with E-state index in [0.29, 0.717) is 11.3 Å². The molecule has 1 aromatic rings. The van der Waals surface area contributed by atoms with Crippen molar-refractivity contribution in [1.29, 1.82) is 0 Å². The number of rotatable bonds is 3. The van der Waals surface area contributed by atoms with Crippen LogP contribution in [-0.2, 0) is 0 Å². The molecule has 86 valence electrons. The van der Waals surface area contributed by atoms with E-state index in [2.05, 4.69) is 15.7 Å². The topological polar surface area (TPSA) is 80.0 Å². The fourth-order valence-corrected chi connectivity index (χ4v) is 2.77. The molecule has 0 aromatic carbocycles. The van der Waals surface area contributed by atoms with Crippen LogP contribution in [0.3, 0.4) is 0 Å². The van der Waals surface area contributed by atoms with E-state index in [0.717, 1.165) is 17.9 Å². The summed E-state index contributed by atoms with van der Waals surface area (Å²) in [5.74, 6) is 7.31. The van der Waals surface area contributed by atoms with E-state index in [1.165, 1.54) is 6.20 Å². The molecule has 1 unspecified atom stereocenters. The molecule has 0 radical (unpaired) electrons. The Morgan fingerprint density at radius 2 is 2.50 bits per heavy atom. The number of pyridine rings is 1. The van der Waals surface area contributed by atoms with Gasteiger partial charge in [-0.2, -0.15) is 11.8 Å². The molecule has 5 nitrogen and oxygen atoms in total. The first-order valence-corrected chi connectivity index (χ1v) is 6.26. The number of amides is 1. The molecule has 0 saturated carbocycles. The monoisotopic (exact) mass is 238 g/mol. The number of anilines is 1.